The van der Waals surface area contributed by atoms with E-state index in [2.05, 4.69) is 5.32 Å². The van der Waals surface area contributed by atoms with Gasteiger partial charge in [-0.2, -0.15) is 0 Å². The Hall–Kier alpha value is -2.93. The van der Waals surface area contributed by atoms with Gasteiger partial charge >= 0.3 is 11.9 Å². The molecule has 0 fully saturated rings. The summed E-state index contributed by atoms with van der Waals surface area (Å²) in [5.74, 6) is -3.38. The Balaban J connectivity index is 2.00. The van der Waals surface area contributed by atoms with Crippen molar-refractivity contribution in [3.63, 3.8) is 0 Å². The number of ether oxygens (including phenoxy) is 1. The molecule has 1 aromatic heterocycles. The van der Waals surface area contributed by atoms with Gasteiger partial charge in [-0.05, 0) is 51.7 Å². The van der Waals surface area contributed by atoms with Crippen molar-refractivity contribution in [2.24, 2.45) is 11.8 Å². The third-order valence-electron chi connectivity index (χ3n) is 5.34. The first kappa shape index (κ1) is 22.7. The zero-order valence-corrected chi connectivity index (χ0v) is 18.9. The second kappa shape index (κ2) is 9.47. The first-order chi connectivity index (χ1) is 14.7. The number of carboxylic acids is 1. The molecule has 1 amide bonds. The zero-order chi connectivity index (χ0) is 22.7. The van der Waals surface area contributed by atoms with Gasteiger partial charge in [0.15, 0.2) is 0 Å². The van der Waals surface area contributed by atoms with Crippen molar-refractivity contribution < 1.29 is 24.2 Å². The van der Waals surface area contributed by atoms with E-state index in [4.69, 9.17) is 4.74 Å². The summed E-state index contributed by atoms with van der Waals surface area (Å²) in [6.45, 7) is 7.48. The summed E-state index contributed by atoms with van der Waals surface area (Å²) in [7, 11) is 0. The van der Waals surface area contributed by atoms with Crippen LogP contribution in [0, 0.1) is 25.7 Å². The summed E-state index contributed by atoms with van der Waals surface area (Å²) in [6, 6.07) is 5.99. The quantitative estimate of drug-likeness (QED) is 0.475. The number of allylic oxidation sites excluding steroid dienone is 2. The van der Waals surface area contributed by atoms with E-state index >= 15 is 0 Å². The lowest BCUT2D eigenvalue weighted by Crippen LogP contribution is -2.34. The highest BCUT2D eigenvalue weighted by Crippen LogP contribution is 2.39. The van der Waals surface area contributed by atoms with Crippen LogP contribution >= 0.6 is 11.3 Å². The molecule has 1 aliphatic rings. The summed E-state index contributed by atoms with van der Waals surface area (Å²) >= 11 is 1.24. The van der Waals surface area contributed by atoms with Crippen LogP contribution in [0.15, 0.2) is 35.7 Å². The summed E-state index contributed by atoms with van der Waals surface area (Å²) in [4.78, 5) is 37.6. The third kappa shape index (κ3) is 5.05. The van der Waals surface area contributed by atoms with Gasteiger partial charge in [0, 0.05) is 10.9 Å². The van der Waals surface area contributed by atoms with E-state index < -0.39 is 29.7 Å². The Labute approximate surface area is 185 Å². The summed E-state index contributed by atoms with van der Waals surface area (Å²) < 4.78 is 5.47. The SMILES string of the molecule is Cc1ccc(C)c(-c2csc(NC(=O)[C@@H]3CC=CC[C@H]3C(=O)O)c2C(=O)OC(C)C)c1. The normalized spacial score (nSPS) is 18.1. The number of aliphatic carboxylic acids is 1. The first-order valence-electron chi connectivity index (χ1n) is 10.3. The highest BCUT2D eigenvalue weighted by atomic mass is 32.1. The molecule has 6 nitrogen and oxygen atoms in total. The van der Waals surface area contributed by atoms with Gasteiger partial charge < -0.3 is 15.2 Å². The predicted molar refractivity (Wildman–Crippen MR) is 121 cm³/mol. The Bertz CT molecular complexity index is 1040. The molecule has 0 saturated heterocycles. The number of benzene rings is 1. The summed E-state index contributed by atoms with van der Waals surface area (Å²) in [6.07, 6.45) is 3.96. The maximum Gasteiger partial charge on any atom is 0.342 e. The van der Waals surface area contributed by atoms with Crippen LogP contribution in [0.2, 0.25) is 0 Å². The standard InChI is InChI=1S/C24H27NO5S/c1-13(2)30-24(29)20-19(18-11-14(3)9-10-15(18)4)12-31-22(20)25-21(26)16-7-5-6-8-17(16)23(27)28/h5-6,9-13,16-17H,7-8H2,1-4H3,(H,25,26)(H,27,28)/t16-,17-/m1/s1. The molecule has 0 spiro atoms. The van der Waals surface area contributed by atoms with Crippen molar-refractivity contribution in [1.29, 1.82) is 0 Å². The van der Waals surface area contributed by atoms with Crippen molar-refractivity contribution in [2.75, 3.05) is 5.32 Å². The van der Waals surface area contributed by atoms with E-state index in [-0.39, 0.29) is 6.10 Å². The van der Waals surface area contributed by atoms with Crippen LogP contribution in [0.1, 0.15) is 48.2 Å². The molecule has 2 aromatic rings. The molecule has 1 aromatic carbocycles. The lowest BCUT2D eigenvalue weighted by Gasteiger charge is -2.24. The smallest absolute Gasteiger partial charge is 0.342 e. The number of hydrogen-bond acceptors (Lipinski definition) is 5. The number of carbonyl (C=O) groups excluding carboxylic acids is 2. The van der Waals surface area contributed by atoms with Crippen LogP contribution in [0.3, 0.4) is 0 Å². The number of nitrogens with one attached hydrogen (secondary N) is 1. The number of carbonyl (C=O) groups is 3. The number of rotatable bonds is 6. The van der Waals surface area contributed by atoms with Gasteiger partial charge in [0.1, 0.15) is 10.6 Å². The highest BCUT2D eigenvalue weighted by molar-refractivity contribution is 7.15. The minimum Gasteiger partial charge on any atom is -0.481 e. The molecule has 0 unspecified atom stereocenters. The Morgan fingerprint density at radius 1 is 1.10 bits per heavy atom. The van der Waals surface area contributed by atoms with Crippen LogP contribution in [0.4, 0.5) is 5.00 Å². The lowest BCUT2D eigenvalue weighted by atomic mass is 9.82. The number of hydrogen-bond donors (Lipinski definition) is 2. The molecular formula is C24H27NO5S. The Morgan fingerprint density at radius 2 is 1.77 bits per heavy atom. The molecule has 0 bridgehead atoms. The zero-order valence-electron chi connectivity index (χ0n) is 18.1. The van der Waals surface area contributed by atoms with Gasteiger partial charge in [-0.25, -0.2) is 4.79 Å². The molecule has 0 aliphatic heterocycles. The average Bonchev–Trinajstić information content (AvgIpc) is 3.12. The monoisotopic (exact) mass is 441 g/mol. The summed E-state index contributed by atoms with van der Waals surface area (Å²) in [5.41, 5.74) is 3.96. The maximum absolute atomic E-state index is 13.0. The largest absolute Gasteiger partial charge is 0.481 e. The number of anilines is 1. The fourth-order valence-electron chi connectivity index (χ4n) is 3.73. The number of aryl methyl sites for hydroxylation is 2. The van der Waals surface area contributed by atoms with Crippen LogP contribution in [0.5, 0.6) is 0 Å². The summed E-state index contributed by atoms with van der Waals surface area (Å²) in [5, 5.41) is 14.5. The maximum atomic E-state index is 13.0. The number of amides is 1. The molecule has 0 saturated carbocycles. The number of thiophene rings is 1. The fourth-order valence-corrected chi connectivity index (χ4v) is 4.68. The minimum absolute atomic E-state index is 0.305. The molecule has 2 atom stereocenters. The lowest BCUT2D eigenvalue weighted by molar-refractivity contribution is -0.146. The highest BCUT2D eigenvalue weighted by Gasteiger charge is 2.35. The molecular weight excluding hydrogens is 414 g/mol. The van der Waals surface area contributed by atoms with E-state index in [1.165, 1.54) is 11.3 Å². The molecule has 0 radical (unpaired) electrons. The van der Waals surface area contributed by atoms with E-state index in [0.717, 1.165) is 16.7 Å². The third-order valence-corrected chi connectivity index (χ3v) is 6.24. The molecule has 164 valence electrons. The average molecular weight is 442 g/mol. The van der Waals surface area contributed by atoms with Gasteiger partial charge in [-0.15, -0.1) is 11.3 Å². The van der Waals surface area contributed by atoms with Crippen LogP contribution in [-0.2, 0) is 14.3 Å². The minimum atomic E-state index is -0.994. The van der Waals surface area contributed by atoms with Gasteiger partial charge in [0.2, 0.25) is 5.91 Å². The molecule has 7 heteroatoms. The molecule has 1 aliphatic carbocycles. The second-order valence-corrected chi connectivity index (χ2v) is 8.99. The Morgan fingerprint density at radius 3 is 2.42 bits per heavy atom. The molecule has 1 heterocycles. The van der Waals surface area contributed by atoms with E-state index in [1.807, 2.05) is 43.5 Å². The van der Waals surface area contributed by atoms with E-state index in [9.17, 15) is 19.5 Å². The van der Waals surface area contributed by atoms with E-state index in [1.54, 1.807) is 19.9 Å². The van der Waals surface area contributed by atoms with Gasteiger partial charge in [-0.1, -0.05) is 35.9 Å². The van der Waals surface area contributed by atoms with Crippen molar-refractivity contribution >= 4 is 34.2 Å². The van der Waals surface area contributed by atoms with Crippen LogP contribution in [0.25, 0.3) is 11.1 Å². The predicted octanol–water partition coefficient (Wildman–Crippen LogP) is 5.20. The van der Waals surface area contributed by atoms with Crippen molar-refractivity contribution in [3.8, 4) is 11.1 Å². The Kier molecular flexibility index (Phi) is 6.95. The van der Waals surface area contributed by atoms with Crippen molar-refractivity contribution in [2.45, 2.75) is 46.6 Å². The van der Waals surface area contributed by atoms with E-state index in [0.29, 0.717) is 29.0 Å². The van der Waals surface area contributed by atoms with Crippen molar-refractivity contribution in [3.05, 3.63) is 52.4 Å². The number of esters is 1. The first-order valence-corrected chi connectivity index (χ1v) is 11.2. The molecule has 3 rings (SSSR count). The van der Waals surface area contributed by atoms with Gasteiger partial charge in [-0.3, -0.25) is 9.59 Å². The fraction of sp³-hybridized carbons (Fsp3) is 0.375. The van der Waals surface area contributed by atoms with Crippen molar-refractivity contribution in [1.82, 2.24) is 0 Å². The topological polar surface area (TPSA) is 92.7 Å². The molecule has 2 N–H and O–H groups in total. The van der Waals surface area contributed by atoms with Gasteiger partial charge in [0.05, 0.1) is 17.9 Å². The van der Waals surface area contributed by atoms with Gasteiger partial charge in [0.25, 0.3) is 0 Å². The number of carboxylic acid groups (broad SMARTS) is 1. The second-order valence-electron chi connectivity index (χ2n) is 8.11. The van der Waals surface area contributed by atoms with Crippen LogP contribution < -0.4 is 5.32 Å². The van der Waals surface area contributed by atoms with Crippen LogP contribution in [-0.4, -0.2) is 29.1 Å². The molecule has 31 heavy (non-hydrogen) atoms.